The van der Waals surface area contributed by atoms with Crippen LogP contribution in [-0.4, -0.2) is 47.0 Å². The summed E-state index contributed by atoms with van der Waals surface area (Å²) >= 11 is 6.00. The molecule has 7 nitrogen and oxygen atoms in total. The summed E-state index contributed by atoms with van der Waals surface area (Å²) in [7, 11) is 0. The lowest BCUT2D eigenvalue weighted by atomic mass is 9.79. The number of Topliss-reactive ketones (excluding diaryl/α,β-unsaturated/α-hetero) is 1. The molecule has 0 spiro atoms. The molecule has 5 rings (SSSR count). The number of hydrogen-bond donors (Lipinski definition) is 1. The highest BCUT2D eigenvalue weighted by molar-refractivity contribution is 6.30. The molecule has 3 heterocycles. The topological polar surface area (TPSA) is 88.2 Å². The lowest BCUT2D eigenvalue weighted by Gasteiger charge is -2.28. The Balaban J connectivity index is 1.59. The fraction of sp³-hybridized carbons (Fsp3) is 0.333. The molecule has 0 bridgehead atoms. The molecule has 0 amide bonds. The average molecular weight is 411 g/mol. The second-order valence-electron chi connectivity index (χ2n) is 7.42. The molecule has 1 N–H and O–H groups in total. The van der Waals surface area contributed by atoms with Crippen LogP contribution in [0.2, 0.25) is 5.02 Å². The van der Waals surface area contributed by atoms with Crippen molar-refractivity contribution in [1.29, 1.82) is 0 Å². The van der Waals surface area contributed by atoms with Gasteiger partial charge in [0.05, 0.1) is 18.6 Å². The summed E-state index contributed by atoms with van der Waals surface area (Å²) in [5.74, 6) is 0.489. The molecule has 148 valence electrons. The van der Waals surface area contributed by atoms with E-state index in [0.717, 1.165) is 11.1 Å². The van der Waals surface area contributed by atoms with E-state index in [1.807, 2.05) is 29.2 Å². The number of aromatic nitrogens is 3. The number of benzene rings is 1. The number of carbonyl (C=O) groups excluding carboxylic acids is 1. The number of ketones is 1. The van der Waals surface area contributed by atoms with Gasteiger partial charge in [0.1, 0.15) is 0 Å². The van der Waals surface area contributed by atoms with Crippen molar-refractivity contribution in [2.75, 3.05) is 31.2 Å². The third-order valence-corrected chi connectivity index (χ3v) is 5.92. The third kappa shape index (κ3) is 3.30. The van der Waals surface area contributed by atoms with E-state index in [1.165, 1.54) is 0 Å². The van der Waals surface area contributed by atoms with Crippen LogP contribution >= 0.6 is 11.6 Å². The summed E-state index contributed by atoms with van der Waals surface area (Å²) in [5.41, 5.74) is 2.40. The van der Waals surface area contributed by atoms with Crippen LogP contribution in [0.4, 0.5) is 5.95 Å². The fourth-order valence-corrected chi connectivity index (χ4v) is 4.28. The van der Waals surface area contributed by atoms with E-state index in [1.54, 1.807) is 6.20 Å². The largest absolute Gasteiger partial charge is 0.378 e. The van der Waals surface area contributed by atoms with Gasteiger partial charge in [0.2, 0.25) is 5.95 Å². The highest BCUT2D eigenvalue weighted by atomic mass is 35.5. The summed E-state index contributed by atoms with van der Waals surface area (Å²) in [6, 6.07) is 7.52. The molecular weight excluding hydrogens is 392 g/mol. The second kappa shape index (κ2) is 7.24. The fourth-order valence-electron chi connectivity index (χ4n) is 4.15. The van der Waals surface area contributed by atoms with Gasteiger partial charge in [0.25, 0.3) is 5.56 Å². The Labute approximate surface area is 171 Å². The van der Waals surface area contributed by atoms with Crippen LogP contribution in [0.5, 0.6) is 0 Å². The number of fused-ring (bicyclic) bond motifs is 3. The predicted molar refractivity (Wildman–Crippen MR) is 110 cm³/mol. The minimum Gasteiger partial charge on any atom is -0.378 e. The summed E-state index contributed by atoms with van der Waals surface area (Å²) in [5, 5.41) is 1.06. The van der Waals surface area contributed by atoms with Crippen LogP contribution < -0.4 is 10.5 Å². The van der Waals surface area contributed by atoms with Gasteiger partial charge in [-0.15, -0.1) is 0 Å². The Morgan fingerprint density at radius 3 is 2.62 bits per heavy atom. The first-order valence-corrected chi connectivity index (χ1v) is 10.0. The Morgan fingerprint density at radius 1 is 1.10 bits per heavy atom. The minimum atomic E-state index is -0.259. The highest BCUT2D eigenvalue weighted by Gasteiger charge is 2.30. The summed E-state index contributed by atoms with van der Waals surface area (Å²) in [6.07, 6.45) is 2.54. The molecule has 1 atom stereocenters. The minimum absolute atomic E-state index is 0.00254. The molecule has 2 aromatic heterocycles. The Hall–Kier alpha value is -2.77. The van der Waals surface area contributed by atoms with E-state index >= 15 is 0 Å². The van der Waals surface area contributed by atoms with Crippen LogP contribution in [0.15, 0.2) is 35.3 Å². The highest BCUT2D eigenvalue weighted by Crippen LogP contribution is 2.35. The van der Waals surface area contributed by atoms with Gasteiger partial charge in [-0.25, -0.2) is 4.98 Å². The third-order valence-electron chi connectivity index (χ3n) is 5.67. The zero-order valence-corrected chi connectivity index (χ0v) is 16.4. The number of anilines is 1. The van der Waals surface area contributed by atoms with Gasteiger partial charge in [-0.05, 0) is 35.6 Å². The van der Waals surface area contributed by atoms with Gasteiger partial charge in [-0.1, -0.05) is 23.7 Å². The zero-order chi connectivity index (χ0) is 20.0. The number of nitrogens with zero attached hydrogens (tertiary/aromatic N) is 3. The molecule has 0 radical (unpaired) electrons. The van der Waals surface area contributed by atoms with Gasteiger partial charge < -0.3 is 9.64 Å². The van der Waals surface area contributed by atoms with Crippen molar-refractivity contribution in [3.05, 3.63) is 62.5 Å². The molecule has 2 aliphatic rings. The molecule has 3 aromatic rings. The first-order chi connectivity index (χ1) is 14.1. The van der Waals surface area contributed by atoms with Gasteiger partial charge in [-0.3, -0.25) is 14.6 Å². The van der Waals surface area contributed by atoms with E-state index in [4.69, 9.17) is 16.3 Å². The Kier molecular flexibility index (Phi) is 4.56. The van der Waals surface area contributed by atoms with E-state index in [-0.39, 0.29) is 17.3 Å². The molecule has 1 saturated heterocycles. The van der Waals surface area contributed by atoms with E-state index < -0.39 is 0 Å². The number of ether oxygens (including phenoxy) is 1. The number of pyridine rings is 1. The molecule has 1 unspecified atom stereocenters. The van der Waals surface area contributed by atoms with Gasteiger partial charge >= 0.3 is 0 Å². The van der Waals surface area contributed by atoms with Gasteiger partial charge in [0, 0.05) is 36.3 Å². The summed E-state index contributed by atoms with van der Waals surface area (Å²) in [4.78, 5) is 39.6. The Bertz CT molecular complexity index is 1150. The van der Waals surface area contributed by atoms with Crippen molar-refractivity contribution < 1.29 is 9.53 Å². The number of halogens is 1. The SMILES string of the molecule is O=C1CC(c2ccc(Cl)cc2)Cc2c1cnc1nc(N3CCOCC3)[nH]c(=O)c21. The zero-order valence-electron chi connectivity index (χ0n) is 15.7. The monoisotopic (exact) mass is 410 g/mol. The van der Waals surface area contributed by atoms with Gasteiger partial charge in [0.15, 0.2) is 11.4 Å². The number of carbonyl (C=O) groups is 1. The van der Waals surface area contributed by atoms with Crippen LogP contribution in [0.3, 0.4) is 0 Å². The van der Waals surface area contributed by atoms with E-state index in [0.29, 0.717) is 66.7 Å². The molecule has 0 saturated carbocycles. The van der Waals surface area contributed by atoms with Crippen LogP contribution in [0, 0.1) is 0 Å². The quantitative estimate of drug-likeness (QED) is 0.698. The molecular formula is C21H19ClN4O3. The molecule has 1 aliphatic carbocycles. The number of aromatic amines is 1. The lowest BCUT2D eigenvalue weighted by molar-refractivity contribution is 0.0964. The standard InChI is InChI=1S/C21H19ClN4O3/c22-14-3-1-12(2-4-14)13-9-15-16(17(27)10-13)11-23-19-18(15)20(28)25-21(24-19)26-5-7-29-8-6-26/h1-4,11,13H,5-10H2,(H,23,24,25,28). The van der Waals surface area contributed by atoms with Crippen LogP contribution in [0.25, 0.3) is 11.0 Å². The number of morpholine rings is 1. The predicted octanol–water partition coefficient (Wildman–Crippen LogP) is 2.72. The Morgan fingerprint density at radius 2 is 1.86 bits per heavy atom. The first-order valence-electron chi connectivity index (χ1n) is 9.63. The van der Waals surface area contributed by atoms with Crippen LogP contribution in [0.1, 0.15) is 33.8 Å². The lowest BCUT2D eigenvalue weighted by Crippen LogP contribution is -2.38. The van der Waals surface area contributed by atoms with E-state index in [9.17, 15) is 9.59 Å². The van der Waals surface area contributed by atoms with Crippen molar-refractivity contribution in [2.24, 2.45) is 0 Å². The van der Waals surface area contributed by atoms with Crippen molar-refractivity contribution in [3.63, 3.8) is 0 Å². The number of rotatable bonds is 2. The van der Waals surface area contributed by atoms with Crippen molar-refractivity contribution >= 4 is 34.4 Å². The maximum Gasteiger partial charge on any atom is 0.262 e. The number of nitrogens with one attached hydrogen (secondary N) is 1. The van der Waals surface area contributed by atoms with Crippen molar-refractivity contribution in [3.8, 4) is 0 Å². The maximum atomic E-state index is 13.0. The summed E-state index contributed by atoms with van der Waals surface area (Å²) in [6.45, 7) is 2.51. The van der Waals surface area contributed by atoms with Crippen molar-refractivity contribution in [2.45, 2.75) is 18.8 Å². The molecule has 8 heteroatoms. The van der Waals surface area contributed by atoms with E-state index in [2.05, 4.69) is 15.0 Å². The molecule has 1 aliphatic heterocycles. The second-order valence-corrected chi connectivity index (χ2v) is 7.85. The molecule has 1 fully saturated rings. The van der Waals surface area contributed by atoms with Crippen molar-refractivity contribution in [1.82, 2.24) is 15.0 Å². The van der Waals surface area contributed by atoms with Crippen LogP contribution in [-0.2, 0) is 11.2 Å². The summed E-state index contributed by atoms with van der Waals surface area (Å²) < 4.78 is 5.36. The smallest absolute Gasteiger partial charge is 0.262 e. The first kappa shape index (κ1) is 18.3. The number of hydrogen-bond acceptors (Lipinski definition) is 6. The normalized spacial score (nSPS) is 19.4. The molecule has 1 aromatic carbocycles. The van der Waals surface area contributed by atoms with Gasteiger partial charge in [-0.2, -0.15) is 4.98 Å². The number of H-pyrrole nitrogens is 1. The average Bonchev–Trinajstić information content (AvgIpc) is 2.74. The molecule has 29 heavy (non-hydrogen) atoms. The maximum absolute atomic E-state index is 13.0.